The van der Waals surface area contributed by atoms with Crippen LogP contribution in [0.5, 0.6) is 11.5 Å². The smallest absolute Gasteiger partial charge is 0.160 e. The highest BCUT2D eigenvalue weighted by Crippen LogP contribution is 2.40. The van der Waals surface area contributed by atoms with E-state index in [0.717, 1.165) is 32.1 Å². The molecule has 0 bridgehead atoms. The van der Waals surface area contributed by atoms with Crippen molar-refractivity contribution in [3.8, 4) is 11.5 Å². The summed E-state index contributed by atoms with van der Waals surface area (Å²) in [4.78, 5) is 2.62. The van der Waals surface area contributed by atoms with Crippen LogP contribution >= 0.6 is 0 Å². The largest absolute Gasteiger partial charge is 0.504 e. The molecule has 2 N–H and O–H groups in total. The van der Waals surface area contributed by atoms with Gasteiger partial charge in [-0.1, -0.05) is 25.3 Å². The second-order valence-electron chi connectivity index (χ2n) is 6.56. The number of benzene rings is 1. The highest BCUT2D eigenvalue weighted by Gasteiger charge is 2.31. The number of hydrogen-bond donors (Lipinski definition) is 2. The molecule has 0 radical (unpaired) electrons. The van der Waals surface area contributed by atoms with Gasteiger partial charge in [-0.25, -0.2) is 0 Å². The Labute approximate surface area is 133 Å². The molecule has 122 valence electrons. The van der Waals surface area contributed by atoms with Crippen molar-refractivity contribution >= 4 is 0 Å². The number of aromatic hydroxyl groups is 1. The average Bonchev–Trinajstić information content (AvgIpc) is 2.58. The third-order valence-corrected chi connectivity index (χ3v) is 5.19. The summed E-state index contributed by atoms with van der Waals surface area (Å²) in [7, 11) is 1.62. The molecule has 0 amide bonds. The molecular weight excluding hydrogens is 276 g/mol. The molecule has 4 heteroatoms. The molecule has 1 aliphatic heterocycles. The quantitative estimate of drug-likeness (QED) is 0.898. The second-order valence-corrected chi connectivity index (χ2v) is 6.56. The Kier molecular flexibility index (Phi) is 5.21. The molecule has 3 rings (SSSR count). The van der Waals surface area contributed by atoms with E-state index in [2.05, 4.69) is 16.3 Å². The first-order valence-corrected chi connectivity index (χ1v) is 8.61. The minimum Gasteiger partial charge on any atom is -0.504 e. The van der Waals surface area contributed by atoms with E-state index in [4.69, 9.17) is 4.74 Å². The summed E-state index contributed by atoms with van der Waals surface area (Å²) in [6, 6.07) is 6.36. The molecule has 4 nitrogen and oxygen atoms in total. The summed E-state index contributed by atoms with van der Waals surface area (Å²) in [5.41, 5.74) is 1.29. The van der Waals surface area contributed by atoms with Crippen LogP contribution in [0.15, 0.2) is 18.2 Å². The molecule has 0 aromatic heterocycles. The van der Waals surface area contributed by atoms with Gasteiger partial charge in [-0.05, 0) is 36.5 Å². The zero-order valence-electron chi connectivity index (χ0n) is 13.6. The number of hydrogen-bond acceptors (Lipinski definition) is 4. The molecule has 22 heavy (non-hydrogen) atoms. The fraction of sp³-hybridized carbons (Fsp3) is 0.667. The summed E-state index contributed by atoms with van der Waals surface area (Å²) in [5, 5.41) is 13.3. The lowest BCUT2D eigenvalue weighted by atomic mass is 9.80. The molecule has 1 saturated heterocycles. The van der Waals surface area contributed by atoms with Gasteiger partial charge in [-0.3, -0.25) is 4.90 Å². The predicted molar refractivity (Wildman–Crippen MR) is 88.4 cm³/mol. The minimum atomic E-state index is 0.231. The van der Waals surface area contributed by atoms with Gasteiger partial charge in [-0.15, -0.1) is 0 Å². The molecule has 1 aliphatic carbocycles. The standard InChI is InChI=1S/C18H28N2O2/c1-22-17-13-15(7-8-16(17)21)18(14-5-3-2-4-6-14)20-11-9-19-10-12-20/h7-8,13-14,18-19,21H,2-6,9-12H2,1H3/t18-/m0/s1. The lowest BCUT2D eigenvalue weighted by Gasteiger charge is -2.41. The van der Waals surface area contributed by atoms with Crippen LogP contribution in [0.25, 0.3) is 0 Å². The van der Waals surface area contributed by atoms with Gasteiger partial charge in [0, 0.05) is 32.2 Å². The molecule has 1 saturated carbocycles. The molecule has 0 spiro atoms. The SMILES string of the molecule is COc1cc([C@H](C2CCCCC2)N2CCNCC2)ccc1O. The Morgan fingerprint density at radius 3 is 2.59 bits per heavy atom. The van der Waals surface area contributed by atoms with Crippen molar-refractivity contribution in [3.63, 3.8) is 0 Å². The van der Waals surface area contributed by atoms with Crippen LogP contribution in [-0.2, 0) is 0 Å². The van der Waals surface area contributed by atoms with Crippen LogP contribution in [0.3, 0.4) is 0 Å². The van der Waals surface area contributed by atoms with Gasteiger partial charge in [0.1, 0.15) is 0 Å². The van der Waals surface area contributed by atoms with E-state index in [9.17, 15) is 5.11 Å². The highest BCUT2D eigenvalue weighted by molar-refractivity contribution is 5.43. The van der Waals surface area contributed by atoms with Crippen LogP contribution in [-0.4, -0.2) is 43.3 Å². The molecule has 1 aromatic rings. The zero-order valence-corrected chi connectivity index (χ0v) is 13.6. The van der Waals surface area contributed by atoms with E-state index in [1.807, 2.05) is 6.07 Å². The predicted octanol–water partition coefficient (Wildman–Crippen LogP) is 2.93. The Balaban J connectivity index is 1.89. The van der Waals surface area contributed by atoms with E-state index in [1.165, 1.54) is 37.7 Å². The first-order chi connectivity index (χ1) is 10.8. The monoisotopic (exact) mass is 304 g/mol. The fourth-order valence-electron chi connectivity index (χ4n) is 4.07. The van der Waals surface area contributed by atoms with E-state index >= 15 is 0 Å². The molecule has 0 unspecified atom stereocenters. The van der Waals surface area contributed by atoms with Crippen molar-refractivity contribution < 1.29 is 9.84 Å². The van der Waals surface area contributed by atoms with Gasteiger partial charge in [0.15, 0.2) is 11.5 Å². The first kappa shape index (κ1) is 15.6. The van der Waals surface area contributed by atoms with Crippen molar-refractivity contribution in [2.75, 3.05) is 33.3 Å². The van der Waals surface area contributed by atoms with Crippen molar-refractivity contribution in [2.45, 2.75) is 38.1 Å². The van der Waals surface area contributed by atoms with Gasteiger partial charge >= 0.3 is 0 Å². The Hall–Kier alpha value is -1.26. The number of phenolic OH excluding ortho intramolecular Hbond substituents is 1. The highest BCUT2D eigenvalue weighted by atomic mass is 16.5. The number of ether oxygens (including phenoxy) is 1. The second kappa shape index (κ2) is 7.34. The Morgan fingerprint density at radius 1 is 1.18 bits per heavy atom. The first-order valence-electron chi connectivity index (χ1n) is 8.61. The lowest BCUT2D eigenvalue weighted by molar-refractivity contribution is 0.103. The van der Waals surface area contributed by atoms with E-state index < -0.39 is 0 Å². The summed E-state index contributed by atoms with van der Waals surface area (Å²) in [5.74, 6) is 1.54. The van der Waals surface area contributed by atoms with Crippen molar-refractivity contribution in [1.29, 1.82) is 0 Å². The number of rotatable bonds is 4. The Bertz CT molecular complexity index is 462. The summed E-state index contributed by atoms with van der Waals surface area (Å²) < 4.78 is 5.33. The van der Waals surface area contributed by atoms with Gasteiger partial charge in [0.2, 0.25) is 0 Å². The Morgan fingerprint density at radius 2 is 1.91 bits per heavy atom. The van der Waals surface area contributed by atoms with Gasteiger partial charge in [0.05, 0.1) is 7.11 Å². The molecular formula is C18H28N2O2. The normalized spacial score (nSPS) is 22.4. The van der Waals surface area contributed by atoms with Crippen molar-refractivity contribution in [2.24, 2.45) is 5.92 Å². The number of piperazine rings is 1. The van der Waals surface area contributed by atoms with Crippen LogP contribution in [0.2, 0.25) is 0 Å². The van der Waals surface area contributed by atoms with E-state index in [-0.39, 0.29) is 5.75 Å². The molecule has 2 aliphatic rings. The summed E-state index contributed by atoms with van der Waals surface area (Å²) >= 11 is 0. The van der Waals surface area contributed by atoms with Crippen molar-refractivity contribution in [3.05, 3.63) is 23.8 Å². The molecule has 2 fully saturated rings. The van der Waals surface area contributed by atoms with E-state index in [1.54, 1.807) is 13.2 Å². The van der Waals surface area contributed by atoms with Gasteiger partial charge < -0.3 is 15.2 Å². The van der Waals surface area contributed by atoms with Gasteiger partial charge in [0.25, 0.3) is 0 Å². The fourth-order valence-corrected chi connectivity index (χ4v) is 4.07. The van der Waals surface area contributed by atoms with Crippen LogP contribution in [0.4, 0.5) is 0 Å². The maximum absolute atomic E-state index is 9.89. The molecule has 1 atom stereocenters. The van der Waals surface area contributed by atoms with Gasteiger partial charge in [-0.2, -0.15) is 0 Å². The minimum absolute atomic E-state index is 0.231. The number of methoxy groups -OCH3 is 1. The summed E-state index contributed by atoms with van der Waals surface area (Å²) in [6.07, 6.45) is 6.71. The van der Waals surface area contributed by atoms with Crippen LogP contribution in [0.1, 0.15) is 43.7 Å². The zero-order chi connectivity index (χ0) is 15.4. The van der Waals surface area contributed by atoms with E-state index in [0.29, 0.717) is 11.8 Å². The molecule has 1 heterocycles. The molecule has 1 aromatic carbocycles. The maximum atomic E-state index is 9.89. The maximum Gasteiger partial charge on any atom is 0.160 e. The van der Waals surface area contributed by atoms with Crippen LogP contribution < -0.4 is 10.1 Å². The third-order valence-electron chi connectivity index (χ3n) is 5.19. The van der Waals surface area contributed by atoms with Crippen LogP contribution in [0, 0.1) is 5.92 Å². The average molecular weight is 304 g/mol. The number of nitrogens with zero attached hydrogens (tertiary/aromatic N) is 1. The number of nitrogens with one attached hydrogen (secondary N) is 1. The summed E-state index contributed by atoms with van der Waals surface area (Å²) in [6.45, 7) is 4.34. The van der Waals surface area contributed by atoms with Crippen molar-refractivity contribution in [1.82, 2.24) is 10.2 Å². The third kappa shape index (κ3) is 3.39. The lowest BCUT2D eigenvalue weighted by Crippen LogP contribution is -2.47. The topological polar surface area (TPSA) is 44.7 Å². The number of phenols is 1.